The molecule has 31 heavy (non-hydrogen) atoms. The van der Waals surface area contributed by atoms with Gasteiger partial charge in [-0.1, -0.05) is 0 Å². The Morgan fingerprint density at radius 2 is 1.97 bits per heavy atom. The van der Waals surface area contributed by atoms with E-state index in [0.717, 1.165) is 50.1 Å². The zero-order valence-electron chi connectivity index (χ0n) is 17.3. The number of hydrogen-bond acceptors (Lipinski definition) is 7. The Bertz CT molecular complexity index is 1060. The number of aromatic nitrogens is 4. The van der Waals surface area contributed by atoms with E-state index in [4.69, 9.17) is 20.2 Å². The van der Waals surface area contributed by atoms with Crippen molar-refractivity contribution < 1.29 is 14.3 Å². The highest BCUT2D eigenvalue weighted by Crippen LogP contribution is 2.34. The minimum absolute atomic E-state index is 0.0626. The number of anilines is 1. The zero-order chi connectivity index (χ0) is 21.2. The van der Waals surface area contributed by atoms with Crippen molar-refractivity contribution in [2.24, 2.45) is 5.73 Å². The van der Waals surface area contributed by atoms with Crippen LogP contribution in [0.4, 0.5) is 5.82 Å². The first-order valence-electron chi connectivity index (χ1n) is 10.7. The van der Waals surface area contributed by atoms with Gasteiger partial charge in [0.2, 0.25) is 11.8 Å². The first-order chi connectivity index (χ1) is 15.2. The predicted octanol–water partition coefficient (Wildman–Crippen LogP) is 2.32. The van der Waals surface area contributed by atoms with Crippen molar-refractivity contribution in [2.45, 2.75) is 37.8 Å². The van der Waals surface area contributed by atoms with Crippen LogP contribution in [0.5, 0.6) is 5.88 Å². The van der Waals surface area contributed by atoms with Gasteiger partial charge in [-0.05, 0) is 31.7 Å². The summed E-state index contributed by atoms with van der Waals surface area (Å²) in [5.74, 6) is 0.816. The number of hydrogen-bond donors (Lipinski definition) is 1. The molecule has 0 radical (unpaired) electrons. The summed E-state index contributed by atoms with van der Waals surface area (Å²) in [4.78, 5) is 27.3. The highest BCUT2D eigenvalue weighted by Gasteiger charge is 2.25. The van der Waals surface area contributed by atoms with Crippen LogP contribution in [0.2, 0.25) is 0 Å². The SMILES string of the molecule is NC(=O)c1cnc2cc(N3CCOCC3)nc(O[C@H]3CC[C@@H](n4ccnc4)CC3)c2c1. The Labute approximate surface area is 180 Å². The average Bonchev–Trinajstić information content (AvgIpc) is 3.35. The summed E-state index contributed by atoms with van der Waals surface area (Å²) < 4.78 is 14.1. The van der Waals surface area contributed by atoms with Gasteiger partial charge in [-0.2, -0.15) is 4.98 Å². The minimum Gasteiger partial charge on any atom is -0.474 e. The van der Waals surface area contributed by atoms with Crippen molar-refractivity contribution in [3.05, 3.63) is 42.6 Å². The van der Waals surface area contributed by atoms with Crippen LogP contribution in [0.1, 0.15) is 42.1 Å². The van der Waals surface area contributed by atoms with Crippen LogP contribution in [0.3, 0.4) is 0 Å². The van der Waals surface area contributed by atoms with E-state index in [0.29, 0.717) is 36.1 Å². The fourth-order valence-electron chi connectivity index (χ4n) is 4.36. The lowest BCUT2D eigenvalue weighted by Gasteiger charge is -2.31. The van der Waals surface area contributed by atoms with Gasteiger partial charge in [0.1, 0.15) is 11.9 Å². The van der Waals surface area contributed by atoms with Crippen molar-refractivity contribution in [3.8, 4) is 5.88 Å². The Morgan fingerprint density at radius 3 is 2.68 bits per heavy atom. The lowest BCUT2D eigenvalue weighted by atomic mass is 9.93. The number of carbonyl (C=O) groups excluding carboxylic acids is 1. The largest absolute Gasteiger partial charge is 0.474 e. The maximum Gasteiger partial charge on any atom is 0.250 e. The third-order valence-corrected chi connectivity index (χ3v) is 6.12. The van der Waals surface area contributed by atoms with Gasteiger partial charge in [0.15, 0.2) is 0 Å². The lowest BCUT2D eigenvalue weighted by Crippen LogP contribution is -2.36. The van der Waals surface area contributed by atoms with Crippen LogP contribution in [0.15, 0.2) is 37.1 Å². The number of nitrogens with two attached hydrogens (primary N) is 1. The maximum absolute atomic E-state index is 11.7. The molecule has 4 heterocycles. The Morgan fingerprint density at radius 1 is 1.16 bits per heavy atom. The number of primary amides is 1. The van der Waals surface area contributed by atoms with E-state index in [-0.39, 0.29) is 6.10 Å². The minimum atomic E-state index is -0.515. The van der Waals surface area contributed by atoms with Crippen molar-refractivity contribution in [2.75, 3.05) is 31.2 Å². The van der Waals surface area contributed by atoms with E-state index in [9.17, 15) is 4.79 Å². The van der Waals surface area contributed by atoms with E-state index in [1.165, 1.54) is 6.20 Å². The molecule has 9 heteroatoms. The third kappa shape index (κ3) is 4.18. The van der Waals surface area contributed by atoms with Gasteiger partial charge in [0, 0.05) is 43.8 Å². The molecular formula is C22H26N6O3. The van der Waals surface area contributed by atoms with E-state index < -0.39 is 5.91 Å². The standard InChI is InChI=1S/C22H26N6O3/c23-21(29)15-11-18-19(25-13-15)12-20(27-7-9-30-10-8-27)26-22(18)31-17-3-1-16(2-4-17)28-6-5-24-14-28/h5-6,11-14,16-17H,1-4,7-10H2,(H2,23,29)/t16-,17+. The average molecular weight is 422 g/mol. The molecule has 1 aliphatic heterocycles. The molecule has 2 fully saturated rings. The number of morpholine rings is 1. The van der Waals surface area contributed by atoms with Gasteiger partial charge >= 0.3 is 0 Å². The van der Waals surface area contributed by atoms with E-state index in [1.807, 2.05) is 24.8 Å². The summed E-state index contributed by atoms with van der Waals surface area (Å²) in [6, 6.07) is 4.12. The summed E-state index contributed by atoms with van der Waals surface area (Å²) in [5, 5.41) is 0.713. The third-order valence-electron chi connectivity index (χ3n) is 6.12. The summed E-state index contributed by atoms with van der Waals surface area (Å²) in [5.41, 5.74) is 6.57. The number of ether oxygens (including phenoxy) is 2. The summed E-state index contributed by atoms with van der Waals surface area (Å²) in [7, 11) is 0. The smallest absolute Gasteiger partial charge is 0.250 e. The van der Waals surface area contributed by atoms with Gasteiger partial charge in [0.05, 0.1) is 36.0 Å². The number of fused-ring (bicyclic) bond motifs is 1. The molecule has 3 aromatic heterocycles. The molecule has 0 aromatic carbocycles. The fourth-order valence-corrected chi connectivity index (χ4v) is 4.36. The summed E-state index contributed by atoms with van der Waals surface area (Å²) in [6.45, 7) is 2.88. The molecule has 0 spiro atoms. The lowest BCUT2D eigenvalue weighted by molar-refractivity contribution is 0.1000. The Hall–Kier alpha value is -3.20. The summed E-state index contributed by atoms with van der Waals surface area (Å²) >= 11 is 0. The number of amides is 1. The number of nitrogens with zero attached hydrogens (tertiary/aromatic N) is 5. The second kappa shape index (κ2) is 8.50. The van der Waals surface area contributed by atoms with Crippen LogP contribution >= 0.6 is 0 Å². The van der Waals surface area contributed by atoms with Crippen molar-refractivity contribution in [1.29, 1.82) is 0 Å². The van der Waals surface area contributed by atoms with E-state index in [1.54, 1.807) is 6.07 Å². The molecule has 2 aliphatic rings. The van der Waals surface area contributed by atoms with Crippen molar-refractivity contribution >= 4 is 22.6 Å². The second-order valence-electron chi connectivity index (χ2n) is 8.10. The van der Waals surface area contributed by atoms with Crippen molar-refractivity contribution in [1.82, 2.24) is 19.5 Å². The quantitative estimate of drug-likeness (QED) is 0.672. The van der Waals surface area contributed by atoms with Gasteiger partial charge in [-0.15, -0.1) is 0 Å². The van der Waals surface area contributed by atoms with E-state index >= 15 is 0 Å². The molecule has 1 saturated carbocycles. The topological polar surface area (TPSA) is 108 Å². The Kier molecular flexibility index (Phi) is 5.42. The second-order valence-corrected chi connectivity index (χ2v) is 8.10. The number of rotatable bonds is 5. The van der Waals surface area contributed by atoms with Gasteiger partial charge in [-0.3, -0.25) is 9.78 Å². The molecule has 1 aliphatic carbocycles. The highest BCUT2D eigenvalue weighted by atomic mass is 16.5. The van der Waals surface area contributed by atoms with Gasteiger partial charge in [0.25, 0.3) is 0 Å². The monoisotopic (exact) mass is 422 g/mol. The molecule has 2 N–H and O–H groups in total. The van der Waals surface area contributed by atoms with Crippen LogP contribution in [-0.4, -0.2) is 57.8 Å². The molecule has 0 atom stereocenters. The molecule has 1 amide bonds. The number of carbonyl (C=O) groups is 1. The van der Waals surface area contributed by atoms with E-state index in [2.05, 4.69) is 19.4 Å². The van der Waals surface area contributed by atoms with Gasteiger partial charge < -0.3 is 24.7 Å². The predicted molar refractivity (Wildman–Crippen MR) is 115 cm³/mol. The molecule has 3 aromatic rings. The first kappa shape index (κ1) is 19.7. The molecule has 0 unspecified atom stereocenters. The first-order valence-corrected chi connectivity index (χ1v) is 10.7. The maximum atomic E-state index is 11.7. The summed E-state index contributed by atoms with van der Waals surface area (Å²) in [6.07, 6.45) is 11.2. The van der Waals surface area contributed by atoms with Crippen molar-refractivity contribution in [3.63, 3.8) is 0 Å². The highest BCUT2D eigenvalue weighted by molar-refractivity contribution is 5.97. The number of pyridine rings is 2. The van der Waals surface area contributed by atoms with Crippen LogP contribution < -0.4 is 15.4 Å². The van der Waals surface area contributed by atoms with Gasteiger partial charge in [-0.25, -0.2) is 4.98 Å². The molecular weight excluding hydrogens is 396 g/mol. The number of imidazole rings is 1. The van der Waals surface area contributed by atoms with Crippen LogP contribution in [-0.2, 0) is 4.74 Å². The molecule has 162 valence electrons. The molecule has 9 nitrogen and oxygen atoms in total. The normalized spacial score (nSPS) is 21.9. The molecule has 5 rings (SSSR count). The molecule has 1 saturated heterocycles. The van der Waals surface area contributed by atoms with Crippen LogP contribution in [0, 0.1) is 0 Å². The Balaban J connectivity index is 1.42. The fraction of sp³-hybridized carbons (Fsp3) is 0.455. The molecule has 0 bridgehead atoms. The van der Waals surface area contributed by atoms with Crippen LogP contribution in [0.25, 0.3) is 10.9 Å². The zero-order valence-corrected chi connectivity index (χ0v) is 17.3.